The number of carbonyl (C=O) groups excluding carboxylic acids is 2. The molecule has 1 N–H and O–H groups in total. The summed E-state index contributed by atoms with van der Waals surface area (Å²) in [5.74, 6) is -0.0235. The van der Waals surface area contributed by atoms with Gasteiger partial charge < -0.3 is 15.0 Å². The summed E-state index contributed by atoms with van der Waals surface area (Å²) in [5, 5.41) is 3.05. The van der Waals surface area contributed by atoms with E-state index >= 15 is 0 Å². The Morgan fingerprint density at radius 1 is 1.25 bits per heavy atom. The molecule has 2 amide bonds. The van der Waals surface area contributed by atoms with E-state index in [4.69, 9.17) is 4.74 Å². The molecule has 2 saturated heterocycles. The minimum absolute atomic E-state index is 0.0876. The molecule has 1 aromatic heterocycles. The van der Waals surface area contributed by atoms with Crippen LogP contribution in [0.25, 0.3) is 0 Å². The van der Waals surface area contributed by atoms with E-state index in [1.54, 1.807) is 13.3 Å². The van der Waals surface area contributed by atoms with Crippen molar-refractivity contribution < 1.29 is 14.3 Å². The van der Waals surface area contributed by atoms with Gasteiger partial charge in [-0.05, 0) is 32.6 Å². The Hall–Kier alpha value is -2.02. The van der Waals surface area contributed by atoms with Crippen LogP contribution in [-0.2, 0) is 9.53 Å². The molecule has 1 unspecified atom stereocenters. The zero-order valence-electron chi connectivity index (χ0n) is 14.2. The van der Waals surface area contributed by atoms with Crippen molar-refractivity contribution in [3.63, 3.8) is 0 Å². The van der Waals surface area contributed by atoms with Gasteiger partial charge in [0, 0.05) is 31.4 Å². The minimum atomic E-state index is -0.189. The Kier molecular flexibility index (Phi) is 5.08. The van der Waals surface area contributed by atoms with E-state index in [0.29, 0.717) is 18.7 Å². The van der Waals surface area contributed by atoms with Crippen LogP contribution < -0.4 is 5.32 Å². The first-order chi connectivity index (χ1) is 11.6. The molecule has 7 nitrogen and oxygen atoms in total. The molecule has 0 saturated carbocycles. The van der Waals surface area contributed by atoms with Crippen molar-refractivity contribution in [3.8, 4) is 0 Å². The molecule has 0 radical (unpaired) electrons. The van der Waals surface area contributed by atoms with Gasteiger partial charge >= 0.3 is 0 Å². The summed E-state index contributed by atoms with van der Waals surface area (Å²) in [5.41, 5.74) is 1.12. The molecule has 2 bridgehead atoms. The number of aryl methyl sites for hydroxylation is 1. The molecule has 7 heteroatoms. The zero-order chi connectivity index (χ0) is 17.1. The van der Waals surface area contributed by atoms with Gasteiger partial charge in [0.2, 0.25) is 5.91 Å². The zero-order valence-corrected chi connectivity index (χ0v) is 14.2. The number of amides is 2. The monoisotopic (exact) mass is 332 g/mol. The number of hydrogen-bond acceptors (Lipinski definition) is 5. The molecule has 130 valence electrons. The van der Waals surface area contributed by atoms with E-state index in [1.165, 1.54) is 6.20 Å². The van der Waals surface area contributed by atoms with Crippen LogP contribution in [0, 0.1) is 6.92 Å². The third kappa shape index (κ3) is 3.56. The number of nitrogens with one attached hydrogen (secondary N) is 1. The topological polar surface area (TPSA) is 84.4 Å². The summed E-state index contributed by atoms with van der Waals surface area (Å²) in [6.07, 6.45) is 7.17. The number of fused-ring (bicyclic) bond motifs is 2. The number of methoxy groups -OCH3 is 1. The standard InChI is InChI=1S/C17H24N4O3/c1-11-9-19-15(10-18-11)17(23)20-12-7-13-3-4-14(8-12)21(13)16(22)5-6-24-2/h9-10,12-14H,3-8H2,1-2H3,(H,20,23)/t12?,13-,14+. The second kappa shape index (κ2) is 7.25. The fraction of sp³-hybridized carbons (Fsp3) is 0.647. The van der Waals surface area contributed by atoms with E-state index in [-0.39, 0.29) is 29.9 Å². The highest BCUT2D eigenvalue weighted by atomic mass is 16.5. The van der Waals surface area contributed by atoms with Crippen LogP contribution in [0.2, 0.25) is 0 Å². The van der Waals surface area contributed by atoms with Gasteiger partial charge in [0.15, 0.2) is 0 Å². The molecule has 1 aromatic rings. The van der Waals surface area contributed by atoms with Crippen molar-refractivity contribution >= 4 is 11.8 Å². The maximum absolute atomic E-state index is 12.3. The number of nitrogens with zero attached hydrogens (tertiary/aromatic N) is 3. The van der Waals surface area contributed by atoms with E-state index < -0.39 is 0 Å². The summed E-state index contributed by atoms with van der Waals surface area (Å²) >= 11 is 0. The Morgan fingerprint density at radius 2 is 1.96 bits per heavy atom. The largest absolute Gasteiger partial charge is 0.384 e. The predicted octanol–water partition coefficient (Wildman–Crippen LogP) is 1.07. The highest BCUT2D eigenvalue weighted by Crippen LogP contribution is 2.36. The fourth-order valence-electron chi connectivity index (χ4n) is 3.79. The first kappa shape index (κ1) is 16.8. The first-order valence-electron chi connectivity index (χ1n) is 8.48. The second-order valence-electron chi connectivity index (χ2n) is 6.61. The lowest BCUT2D eigenvalue weighted by Crippen LogP contribution is -2.52. The van der Waals surface area contributed by atoms with Crippen LogP contribution in [0.15, 0.2) is 12.4 Å². The van der Waals surface area contributed by atoms with Crippen LogP contribution >= 0.6 is 0 Å². The summed E-state index contributed by atoms with van der Waals surface area (Å²) in [7, 11) is 1.61. The molecular formula is C17H24N4O3. The van der Waals surface area contributed by atoms with Crippen molar-refractivity contribution in [2.24, 2.45) is 0 Å². The molecule has 3 rings (SSSR count). The van der Waals surface area contributed by atoms with Crippen molar-refractivity contribution in [1.29, 1.82) is 0 Å². The quantitative estimate of drug-likeness (QED) is 0.872. The van der Waals surface area contributed by atoms with Crippen LogP contribution in [0.4, 0.5) is 0 Å². The van der Waals surface area contributed by atoms with Crippen LogP contribution in [0.5, 0.6) is 0 Å². The molecule has 0 aliphatic carbocycles. The molecule has 2 aliphatic heterocycles. The molecule has 0 aromatic carbocycles. The summed E-state index contributed by atoms with van der Waals surface area (Å²) in [4.78, 5) is 34.9. The Balaban J connectivity index is 1.58. The van der Waals surface area contributed by atoms with E-state index in [9.17, 15) is 9.59 Å². The third-order valence-electron chi connectivity index (χ3n) is 4.89. The van der Waals surface area contributed by atoms with Crippen molar-refractivity contribution in [3.05, 3.63) is 23.8 Å². The highest BCUT2D eigenvalue weighted by molar-refractivity contribution is 5.92. The molecule has 24 heavy (non-hydrogen) atoms. The lowest BCUT2D eigenvalue weighted by Gasteiger charge is -2.39. The minimum Gasteiger partial charge on any atom is -0.384 e. The second-order valence-corrected chi connectivity index (χ2v) is 6.61. The smallest absolute Gasteiger partial charge is 0.271 e. The molecule has 3 heterocycles. The van der Waals surface area contributed by atoms with Crippen molar-refractivity contribution in [2.45, 2.75) is 57.2 Å². The van der Waals surface area contributed by atoms with Crippen LogP contribution in [-0.4, -0.2) is 58.5 Å². The average Bonchev–Trinajstić information content (AvgIpc) is 2.84. The highest BCUT2D eigenvalue weighted by Gasteiger charge is 2.43. The maximum atomic E-state index is 12.3. The number of carbonyl (C=O) groups is 2. The molecular weight excluding hydrogens is 308 g/mol. The van der Waals surface area contributed by atoms with Crippen LogP contribution in [0.1, 0.15) is 48.3 Å². The van der Waals surface area contributed by atoms with E-state index in [2.05, 4.69) is 15.3 Å². The molecule has 3 atom stereocenters. The van der Waals surface area contributed by atoms with Gasteiger partial charge in [-0.25, -0.2) is 4.98 Å². The van der Waals surface area contributed by atoms with Gasteiger partial charge in [0.25, 0.3) is 5.91 Å². The van der Waals surface area contributed by atoms with Gasteiger partial charge in [-0.2, -0.15) is 0 Å². The normalized spacial score (nSPS) is 25.6. The van der Waals surface area contributed by atoms with Gasteiger partial charge in [0.05, 0.1) is 24.9 Å². The van der Waals surface area contributed by atoms with Gasteiger partial charge in [0.1, 0.15) is 5.69 Å². The van der Waals surface area contributed by atoms with E-state index in [0.717, 1.165) is 31.4 Å². The van der Waals surface area contributed by atoms with Crippen LogP contribution in [0.3, 0.4) is 0 Å². The molecule has 2 fully saturated rings. The Bertz CT molecular complexity index is 590. The summed E-state index contributed by atoms with van der Waals surface area (Å²) < 4.78 is 5.01. The number of hydrogen-bond donors (Lipinski definition) is 1. The average molecular weight is 332 g/mol. The fourth-order valence-corrected chi connectivity index (χ4v) is 3.79. The molecule has 0 spiro atoms. The van der Waals surface area contributed by atoms with Gasteiger partial charge in [-0.3, -0.25) is 14.6 Å². The number of piperidine rings is 1. The van der Waals surface area contributed by atoms with Gasteiger partial charge in [-0.15, -0.1) is 0 Å². The lowest BCUT2D eigenvalue weighted by molar-refractivity contribution is -0.136. The summed E-state index contributed by atoms with van der Waals surface area (Å²) in [6.45, 7) is 2.30. The Labute approximate surface area is 141 Å². The number of aromatic nitrogens is 2. The number of ether oxygens (including phenoxy) is 1. The summed E-state index contributed by atoms with van der Waals surface area (Å²) in [6, 6.07) is 0.537. The SMILES string of the molecule is COCCC(=O)N1[C@@H]2CC[C@H]1CC(NC(=O)c1cnc(C)cn1)C2. The van der Waals surface area contributed by atoms with Crippen molar-refractivity contribution in [2.75, 3.05) is 13.7 Å². The maximum Gasteiger partial charge on any atom is 0.271 e. The number of rotatable bonds is 5. The predicted molar refractivity (Wildman–Crippen MR) is 87.4 cm³/mol. The third-order valence-corrected chi connectivity index (χ3v) is 4.89. The molecule has 2 aliphatic rings. The Morgan fingerprint density at radius 3 is 2.54 bits per heavy atom. The van der Waals surface area contributed by atoms with Gasteiger partial charge in [-0.1, -0.05) is 0 Å². The van der Waals surface area contributed by atoms with Crippen molar-refractivity contribution in [1.82, 2.24) is 20.2 Å². The lowest BCUT2D eigenvalue weighted by atomic mass is 9.96. The van der Waals surface area contributed by atoms with E-state index in [1.807, 2.05) is 11.8 Å². The first-order valence-corrected chi connectivity index (χ1v) is 8.48.